The molecule has 88 valence electrons. The SMILES string of the molecule is CC(CBr)(OC1CCC1)c1ccccc1F. The van der Waals surface area contributed by atoms with E-state index in [-0.39, 0.29) is 5.82 Å². The molecule has 1 atom stereocenters. The summed E-state index contributed by atoms with van der Waals surface area (Å²) in [6.07, 6.45) is 3.70. The second kappa shape index (κ2) is 4.84. The Labute approximate surface area is 104 Å². The smallest absolute Gasteiger partial charge is 0.129 e. The van der Waals surface area contributed by atoms with Gasteiger partial charge in [0, 0.05) is 10.9 Å². The van der Waals surface area contributed by atoms with Crippen molar-refractivity contribution in [3.63, 3.8) is 0 Å². The fourth-order valence-electron chi connectivity index (χ4n) is 1.91. The van der Waals surface area contributed by atoms with Gasteiger partial charge in [-0.15, -0.1) is 0 Å². The minimum absolute atomic E-state index is 0.191. The van der Waals surface area contributed by atoms with Crippen LogP contribution in [0.1, 0.15) is 31.7 Å². The molecule has 0 N–H and O–H groups in total. The minimum atomic E-state index is -0.559. The summed E-state index contributed by atoms with van der Waals surface area (Å²) in [4.78, 5) is 0. The minimum Gasteiger partial charge on any atom is -0.366 e. The number of hydrogen-bond donors (Lipinski definition) is 0. The van der Waals surface area contributed by atoms with Crippen LogP contribution >= 0.6 is 15.9 Å². The van der Waals surface area contributed by atoms with Crippen LogP contribution in [-0.4, -0.2) is 11.4 Å². The summed E-state index contributed by atoms with van der Waals surface area (Å²) >= 11 is 3.43. The fraction of sp³-hybridized carbons (Fsp3) is 0.538. The van der Waals surface area contributed by atoms with Crippen molar-refractivity contribution < 1.29 is 9.13 Å². The van der Waals surface area contributed by atoms with Crippen molar-refractivity contribution in [3.8, 4) is 0 Å². The third kappa shape index (κ3) is 2.30. The lowest BCUT2D eigenvalue weighted by Gasteiger charge is -2.37. The molecule has 1 aromatic rings. The van der Waals surface area contributed by atoms with Gasteiger partial charge in [-0.05, 0) is 32.3 Å². The molecule has 1 unspecified atom stereocenters. The van der Waals surface area contributed by atoms with Crippen LogP contribution in [0.25, 0.3) is 0 Å². The Hall–Kier alpha value is -0.410. The van der Waals surface area contributed by atoms with Crippen LogP contribution in [0.2, 0.25) is 0 Å². The number of rotatable bonds is 4. The molecule has 0 radical (unpaired) electrons. The van der Waals surface area contributed by atoms with E-state index in [0.717, 1.165) is 12.8 Å². The molecule has 1 aromatic carbocycles. The van der Waals surface area contributed by atoms with Crippen molar-refractivity contribution in [2.75, 3.05) is 5.33 Å². The summed E-state index contributed by atoms with van der Waals surface area (Å²) in [5, 5.41) is 0.609. The van der Waals surface area contributed by atoms with Crippen molar-refractivity contribution in [2.24, 2.45) is 0 Å². The summed E-state index contributed by atoms with van der Waals surface area (Å²) in [6.45, 7) is 1.94. The maximum absolute atomic E-state index is 13.7. The first-order valence-electron chi connectivity index (χ1n) is 5.64. The first-order chi connectivity index (χ1) is 7.65. The molecule has 0 aromatic heterocycles. The Morgan fingerprint density at radius 2 is 2.12 bits per heavy atom. The standard InChI is InChI=1S/C13H16BrFO/c1-13(9-14,16-10-5-4-6-10)11-7-2-3-8-12(11)15/h2-3,7-8,10H,4-6,9H2,1H3. The maximum Gasteiger partial charge on any atom is 0.129 e. The Balaban J connectivity index is 2.22. The lowest BCUT2D eigenvalue weighted by Crippen LogP contribution is -2.36. The highest BCUT2D eigenvalue weighted by atomic mass is 79.9. The van der Waals surface area contributed by atoms with Crippen LogP contribution in [0.5, 0.6) is 0 Å². The van der Waals surface area contributed by atoms with Gasteiger partial charge in [0.1, 0.15) is 11.4 Å². The molecule has 0 aliphatic heterocycles. The van der Waals surface area contributed by atoms with E-state index in [0.29, 0.717) is 17.0 Å². The van der Waals surface area contributed by atoms with Crippen molar-refractivity contribution in [2.45, 2.75) is 37.9 Å². The Kier molecular flexibility index (Phi) is 3.65. The van der Waals surface area contributed by atoms with Gasteiger partial charge in [-0.1, -0.05) is 34.1 Å². The lowest BCUT2D eigenvalue weighted by atomic mass is 9.92. The average Bonchev–Trinajstić information content (AvgIpc) is 2.24. The molecule has 0 heterocycles. The molecule has 3 heteroatoms. The van der Waals surface area contributed by atoms with Crippen LogP contribution in [-0.2, 0) is 10.3 Å². The van der Waals surface area contributed by atoms with Crippen LogP contribution in [0.15, 0.2) is 24.3 Å². The fourth-order valence-corrected chi connectivity index (χ4v) is 2.35. The summed E-state index contributed by atoms with van der Waals surface area (Å²) in [5.74, 6) is -0.191. The predicted molar refractivity (Wildman–Crippen MR) is 66.3 cm³/mol. The highest BCUT2D eigenvalue weighted by Gasteiger charge is 2.34. The van der Waals surface area contributed by atoms with Gasteiger partial charge < -0.3 is 4.74 Å². The maximum atomic E-state index is 13.7. The summed E-state index contributed by atoms with van der Waals surface area (Å²) in [5.41, 5.74) is 0.0787. The zero-order chi connectivity index (χ0) is 11.6. The van der Waals surface area contributed by atoms with Gasteiger partial charge in [-0.2, -0.15) is 0 Å². The molecule has 1 saturated carbocycles. The van der Waals surface area contributed by atoms with Gasteiger partial charge in [-0.25, -0.2) is 4.39 Å². The first kappa shape index (κ1) is 12.1. The molecule has 0 saturated heterocycles. The van der Waals surface area contributed by atoms with Crippen molar-refractivity contribution in [1.82, 2.24) is 0 Å². The highest BCUT2D eigenvalue weighted by molar-refractivity contribution is 9.09. The number of alkyl halides is 1. The normalized spacial score (nSPS) is 20.2. The topological polar surface area (TPSA) is 9.23 Å². The Bertz CT molecular complexity index is 365. The van der Waals surface area contributed by atoms with Gasteiger partial charge in [0.25, 0.3) is 0 Å². The first-order valence-corrected chi connectivity index (χ1v) is 6.76. The van der Waals surface area contributed by atoms with E-state index in [1.165, 1.54) is 12.5 Å². The van der Waals surface area contributed by atoms with Crippen molar-refractivity contribution in [3.05, 3.63) is 35.6 Å². The molecule has 0 spiro atoms. The van der Waals surface area contributed by atoms with Gasteiger partial charge in [0.05, 0.1) is 6.10 Å². The number of hydrogen-bond acceptors (Lipinski definition) is 1. The Morgan fingerprint density at radius 3 is 2.62 bits per heavy atom. The van der Waals surface area contributed by atoms with Gasteiger partial charge in [-0.3, -0.25) is 0 Å². The largest absolute Gasteiger partial charge is 0.366 e. The molecular weight excluding hydrogens is 271 g/mol. The van der Waals surface area contributed by atoms with Gasteiger partial charge in [0.15, 0.2) is 0 Å². The third-order valence-electron chi connectivity index (χ3n) is 3.18. The monoisotopic (exact) mass is 286 g/mol. The predicted octanol–water partition coefficient (Wildman–Crippen LogP) is 4.00. The number of benzene rings is 1. The molecule has 16 heavy (non-hydrogen) atoms. The molecule has 0 amide bonds. The zero-order valence-corrected chi connectivity index (χ0v) is 11.0. The third-order valence-corrected chi connectivity index (χ3v) is 4.25. The Morgan fingerprint density at radius 1 is 1.44 bits per heavy atom. The van der Waals surface area contributed by atoms with Crippen LogP contribution in [0.3, 0.4) is 0 Å². The van der Waals surface area contributed by atoms with Crippen LogP contribution in [0.4, 0.5) is 4.39 Å². The molecule has 1 aliphatic rings. The van der Waals surface area contributed by atoms with Crippen LogP contribution < -0.4 is 0 Å². The number of ether oxygens (including phenoxy) is 1. The van der Waals surface area contributed by atoms with E-state index < -0.39 is 5.60 Å². The van der Waals surface area contributed by atoms with E-state index in [1.807, 2.05) is 13.0 Å². The van der Waals surface area contributed by atoms with Crippen molar-refractivity contribution >= 4 is 15.9 Å². The highest BCUT2D eigenvalue weighted by Crippen LogP contribution is 2.35. The molecule has 1 fully saturated rings. The molecule has 2 rings (SSSR count). The average molecular weight is 287 g/mol. The molecule has 1 aliphatic carbocycles. The summed E-state index contributed by atoms with van der Waals surface area (Å²) in [6, 6.07) is 6.84. The second-order valence-electron chi connectivity index (χ2n) is 4.52. The van der Waals surface area contributed by atoms with E-state index in [2.05, 4.69) is 15.9 Å². The zero-order valence-electron chi connectivity index (χ0n) is 9.38. The molecule has 1 nitrogen and oxygen atoms in total. The van der Waals surface area contributed by atoms with E-state index >= 15 is 0 Å². The van der Waals surface area contributed by atoms with Gasteiger partial charge in [0.2, 0.25) is 0 Å². The van der Waals surface area contributed by atoms with Crippen LogP contribution in [0, 0.1) is 5.82 Å². The van der Waals surface area contributed by atoms with E-state index in [1.54, 1.807) is 12.1 Å². The summed E-state index contributed by atoms with van der Waals surface area (Å²) in [7, 11) is 0. The second-order valence-corrected chi connectivity index (χ2v) is 5.08. The number of halogens is 2. The summed E-state index contributed by atoms with van der Waals surface area (Å²) < 4.78 is 19.7. The molecular formula is C13H16BrFO. The molecule has 0 bridgehead atoms. The van der Waals surface area contributed by atoms with Crippen molar-refractivity contribution in [1.29, 1.82) is 0 Å². The lowest BCUT2D eigenvalue weighted by molar-refractivity contribution is -0.104. The quantitative estimate of drug-likeness (QED) is 0.760. The van der Waals surface area contributed by atoms with Gasteiger partial charge >= 0.3 is 0 Å². The van der Waals surface area contributed by atoms with E-state index in [4.69, 9.17) is 4.74 Å². The van der Waals surface area contributed by atoms with E-state index in [9.17, 15) is 4.39 Å².